The van der Waals surface area contributed by atoms with Crippen LogP contribution in [-0.2, 0) is 126 Å². The summed E-state index contributed by atoms with van der Waals surface area (Å²) in [7, 11) is 12.6. The van der Waals surface area contributed by atoms with E-state index in [0.29, 0.717) is 109 Å². The summed E-state index contributed by atoms with van der Waals surface area (Å²) in [4.78, 5) is 240. The van der Waals surface area contributed by atoms with E-state index in [1.807, 2.05) is 156 Å². The molecule has 3 aromatic rings. The number of ether oxygens (including phenoxy) is 5. The molecular formula is C112H171N9O24S2. The Bertz CT molecular complexity index is 4810. The molecule has 33 nitrogen and oxygen atoms in total. The Balaban J connectivity index is 0.000000454. The van der Waals surface area contributed by atoms with Crippen molar-refractivity contribution >= 4 is 124 Å². The van der Waals surface area contributed by atoms with E-state index in [0.717, 1.165) is 23.1 Å². The van der Waals surface area contributed by atoms with E-state index in [2.05, 4.69) is 5.32 Å². The number of rotatable bonds is 63. The lowest BCUT2D eigenvalue weighted by molar-refractivity contribution is -0.150. The second kappa shape index (κ2) is 62.1. The van der Waals surface area contributed by atoms with Crippen molar-refractivity contribution in [2.24, 2.45) is 65.1 Å². The number of nitrogens with one attached hydrogen (secondary N) is 1. The number of aliphatic carboxylic acids is 2. The Morgan fingerprint density at radius 3 is 1.26 bits per heavy atom. The summed E-state index contributed by atoms with van der Waals surface area (Å²) in [5, 5.41) is 22.0. The predicted octanol–water partition coefficient (Wildman–Crippen LogP) is 14.0. The summed E-state index contributed by atoms with van der Waals surface area (Å²) in [6.45, 7) is 27.9. The molecule has 0 spiro atoms. The van der Waals surface area contributed by atoms with Gasteiger partial charge in [-0.2, -0.15) is 23.5 Å². The van der Waals surface area contributed by atoms with Crippen molar-refractivity contribution < 1.29 is 115 Å². The number of amides is 11. The monoisotopic (exact) mass is 2090 g/mol. The van der Waals surface area contributed by atoms with Gasteiger partial charge in [0, 0.05) is 158 Å². The average Bonchev–Trinajstić information content (AvgIpc) is 0.865. The number of nitrogens with zero attached hydrogens (tertiary/aromatic N) is 8. The van der Waals surface area contributed by atoms with E-state index in [1.165, 1.54) is 78.6 Å². The molecule has 147 heavy (non-hydrogen) atoms. The molecule has 4 aliphatic heterocycles. The second-order valence-corrected chi connectivity index (χ2v) is 44.1. The molecule has 0 aromatic heterocycles. The fraction of sp³-hybridized carbons (Fsp3) is 0.688. The van der Waals surface area contributed by atoms with E-state index < -0.39 is 120 Å². The second-order valence-electron chi connectivity index (χ2n) is 42.0. The molecule has 4 fully saturated rings. The minimum absolute atomic E-state index is 0.0601. The highest BCUT2D eigenvalue weighted by atomic mass is 32.2. The van der Waals surface area contributed by atoms with Crippen molar-refractivity contribution in [1.82, 2.24) is 44.5 Å². The molecule has 2 unspecified atom stereocenters. The summed E-state index contributed by atoms with van der Waals surface area (Å²) < 4.78 is 29.7. The van der Waals surface area contributed by atoms with Crippen LogP contribution in [0.15, 0.2) is 84.9 Å². The van der Waals surface area contributed by atoms with E-state index in [4.69, 9.17) is 23.7 Å². The van der Waals surface area contributed by atoms with E-state index in [1.54, 1.807) is 78.9 Å². The molecule has 0 aliphatic carbocycles. The first-order valence-electron chi connectivity index (χ1n) is 52.8. The first-order chi connectivity index (χ1) is 69.6. The van der Waals surface area contributed by atoms with E-state index in [9.17, 15) is 91.7 Å². The number of carbonyl (C=O) groups excluding carboxylic acids is 15. The van der Waals surface area contributed by atoms with Gasteiger partial charge in [-0.05, 0) is 128 Å². The largest absolute Gasteiger partial charge is 0.481 e. The number of hydrogen-bond donors (Lipinski definition) is 3. The molecule has 20 atom stereocenters. The van der Waals surface area contributed by atoms with Crippen molar-refractivity contribution in [2.75, 3.05) is 95.3 Å². The van der Waals surface area contributed by atoms with Crippen molar-refractivity contribution in [2.45, 2.75) is 335 Å². The standard InChI is InChI=1S/C61H90N4O13S.C51H81N5O11S/c1-13-40(6)56(51(76-10)35-53(69)64-30-20-24-48(64)57(77-11)41(7)49(67)33-45(60(73)74)31-42-21-16-14-17-22-42)62(8)58(71)47(38(2)3)34-50(68)55(39(4)5)63(9)61(75)78-37-44-27-25-43(26-28-44)32-46(66)23-18-15-19-29-65-54(70)36-52(79-12)59(65)72;1-13-33(6)46(40(66-10)29-43(59)55-26-20-23-38(55)47(67-11)34(7)48(61)52-37(51(64)65)27-35-21-16-14-17-22-35)54(9)49(62)36(31(2)3)28-39(57)45(32(4)5)53(8)42(58)24-18-15-19-25-56-44(60)30-41(68-12)50(56)63/h14,16-17,21-22,25-28,38-41,45,47-48,51-52,55-57H,13,15,18-20,23-24,29-37H2,1-12H3,(H,73,74);14,16-17,21-22,31-34,36-38,40-41,45-47H,13,15,18-20,23-30H2,1-12H3,(H,52,61)(H,64,65)/t40-,41-,45+,47-,48-,51+,52?,55-,56-,57+;33-,34+,36-,37-,38-,40+,41?,45-,46-,47+/m00/s1. The normalized spacial score (nSPS) is 19.2. The topological polar surface area (TPSA) is 415 Å². The maximum absolute atomic E-state index is 14.8. The van der Waals surface area contributed by atoms with Gasteiger partial charge in [0.1, 0.15) is 24.2 Å². The average molecular weight is 2090 g/mol. The Morgan fingerprint density at radius 2 is 0.871 bits per heavy atom. The number of ketones is 4. The van der Waals surface area contributed by atoms with Crippen LogP contribution in [0.4, 0.5) is 4.79 Å². The SMILES string of the molecule is CC[C@H](C)[C@@H]([C@@H](CC(=O)N1CCC[C@H]1[C@H](OC)[C@@H](C)C(=O)C[C@@H](Cc1ccccc1)C(=O)O)OC)N(C)C(=O)[C@@H](CC(=O)[C@H](C(C)C)N(C)C(=O)OCc1ccc(CC(=O)CCCCCN2C(=O)CC(SC)C2=O)cc1)C(C)C.CC[C@H](C)[C@@H]([C@@H](CC(=O)N1CCC[C@H]1[C@H](OC)[C@@H](C)C(=O)N[C@@H](Cc1ccccc1)C(=O)O)OC)N(C)C(=O)[C@@H](CC(=O)[C@H](C(C)C)N(C)C(=O)CCCCCN1C(=O)CC(SC)C1=O)C(C)C. The summed E-state index contributed by atoms with van der Waals surface area (Å²) in [6.07, 6.45) is 8.82. The molecule has 4 aliphatic rings. The third-order valence-corrected chi connectivity index (χ3v) is 32.4. The number of unbranched alkanes of at least 4 members (excludes halogenated alkanes) is 4. The molecule has 0 saturated carbocycles. The molecular weight excluding hydrogens is 1920 g/mol. The van der Waals surface area contributed by atoms with Crippen LogP contribution in [0.3, 0.4) is 0 Å². The van der Waals surface area contributed by atoms with Crippen molar-refractivity contribution in [1.29, 1.82) is 0 Å². The van der Waals surface area contributed by atoms with Crippen molar-refractivity contribution in [3.63, 3.8) is 0 Å². The maximum Gasteiger partial charge on any atom is 0.410 e. The van der Waals surface area contributed by atoms with Gasteiger partial charge in [-0.15, -0.1) is 0 Å². The van der Waals surface area contributed by atoms with Gasteiger partial charge in [-0.1, -0.05) is 208 Å². The third kappa shape index (κ3) is 35.9. The highest BCUT2D eigenvalue weighted by Crippen LogP contribution is 2.37. The van der Waals surface area contributed by atoms with Crippen molar-refractivity contribution in [3.05, 3.63) is 107 Å². The summed E-state index contributed by atoms with van der Waals surface area (Å²) in [6, 6.07) is 20.6. The van der Waals surface area contributed by atoms with Gasteiger partial charge in [0.2, 0.25) is 59.1 Å². The van der Waals surface area contributed by atoms with Gasteiger partial charge < -0.3 is 68.6 Å². The number of carbonyl (C=O) groups is 17. The summed E-state index contributed by atoms with van der Waals surface area (Å²) >= 11 is 2.77. The zero-order valence-corrected chi connectivity index (χ0v) is 93.3. The van der Waals surface area contributed by atoms with Crippen LogP contribution in [-0.4, -0.2) is 322 Å². The number of likely N-dealkylation sites (N-methyl/N-ethyl adjacent to an activating group) is 4. The first-order valence-corrected chi connectivity index (χ1v) is 55.4. The number of thioether (sulfide) groups is 2. The van der Waals surface area contributed by atoms with Crippen LogP contribution in [0.25, 0.3) is 0 Å². The summed E-state index contributed by atoms with van der Waals surface area (Å²) in [5.74, 6) is -10.3. The third-order valence-electron chi connectivity index (χ3n) is 30.5. The van der Waals surface area contributed by atoms with Crippen LogP contribution in [0, 0.1) is 65.1 Å². The van der Waals surface area contributed by atoms with Gasteiger partial charge in [0.15, 0.2) is 11.6 Å². The lowest BCUT2D eigenvalue weighted by Crippen LogP contribution is -2.55. The number of benzene rings is 3. The van der Waals surface area contributed by atoms with Gasteiger partial charge in [-0.25, -0.2) is 9.59 Å². The number of carboxylic acids is 2. The number of Topliss-reactive ketones (excluding diaryl/α,β-unsaturated/α-hetero) is 4. The Kier molecular flexibility index (Phi) is 53.2. The molecule has 820 valence electrons. The quantitative estimate of drug-likeness (QED) is 0.0349. The van der Waals surface area contributed by atoms with Crippen LogP contribution in [0.1, 0.15) is 254 Å². The number of carboxylic acid groups (broad SMARTS) is 2. The highest BCUT2D eigenvalue weighted by Gasteiger charge is 2.49. The minimum atomic E-state index is -1.16. The highest BCUT2D eigenvalue weighted by molar-refractivity contribution is 8.00. The summed E-state index contributed by atoms with van der Waals surface area (Å²) in [5.41, 5.74) is 3.11. The molecule has 35 heteroatoms. The minimum Gasteiger partial charge on any atom is -0.481 e. The fourth-order valence-electron chi connectivity index (χ4n) is 21.5. The van der Waals surface area contributed by atoms with Crippen LogP contribution < -0.4 is 5.32 Å². The number of likely N-dealkylation sites (tertiary alicyclic amines) is 4. The molecule has 0 radical (unpaired) electrons. The molecule has 11 amide bonds. The first kappa shape index (κ1) is 126. The Labute approximate surface area is 881 Å². The predicted molar refractivity (Wildman–Crippen MR) is 566 cm³/mol. The van der Waals surface area contributed by atoms with Gasteiger partial charge in [-0.3, -0.25) is 81.7 Å². The van der Waals surface area contributed by atoms with Gasteiger partial charge in [0.25, 0.3) is 0 Å². The van der Waals surface area contributed by atoms with Crippen molar-refractivity contribution in [3.8, 4) is 0 Å². The molecule has 4 heterocycles. The smallest absolute Gasteiger partial charge is 0.410 e. The maximum atomic E-state index is 14.8. The lowest BCUT2D eigenvalue weighted by atomic mass is 9.83. The van der Waals surface area contributed by atoms with Gasteiger partial charge >= 0.3 is 18.0 Å². The Morgan fingerprint density at radius 1 is 0.456 bits per heavy atom. The van der Waals surface area contributed by atoms with Crippen LogP contribution in [0.5, 0.6) is 0 Å². The molecule has 3 N–H and O–H groups in total. The zero-order chi connectivity index (χ0) is 110. The number of hydrogen-bond acceptors (Lipinski definition) is 24. The molecule has 7 rings (SSSR count). The fourth-order valence-corrected chi connectivity index (χ4v) is 22.7. The molecule has 3 aromatic carbocycles. The number of methoxy groups -OCH3 is 4. The van der Waals surface area contributed by atoms with Crippen LogP contribution in [0.2, 0.25) is 0 Å². The zero-order valence-electron chi connectivity index (χ0n) is 91.7. The Hall–Kier alpha value is -9.81. The lowest BCUT2D eigenvalue weighted by Gasteiger charge is -2.41. The van der Waals surface area contributed by atoms with Gasteiger partial charge in [0.05, 0.1) is 95.8 Å². The molecule has 0 bridgehead atoms. The van der Waals surface area contributed by atoms with Crippen LogP contribution >= 0.6 is 23.5 Å². The van der Waals surface area contributed by atoms with E-state index >= 15 is 0 Å². The van der Waals surface area contributed by atoms with E-state index in [-0.39, 0.29) is 200 Å². The molecule has 4 saturated heterocycles. The number of imide groups is 2.